The Hall–Kier alpha value is -0.213. The number of sulfonamides is 1. The Bertz CT molecular complexity index is 668. The summed E-state index contributed by atoms with van der Waals surface area (Å²) in [4.78, 5) is 0.340. The lowest BCUT2D eigenvalue weighted by Crippen LogP contribution is -2.50. The average Bonchev–Trinajstić information content (AvgIpc) is 2.96. The Balaban J connectivity index is 2.24. The largest absolute Gasteiger partial charge is 0.410 e. The molecular weight excluding hydrogens is 406 g/mol. The van der Waals surface area contributed by atoms with Crippen LogP contribution in [0.1, 0.15) is 47.5 Å². The Morgan fingerprint density at radius 2 is 1.75 bits per heavy atom. The van der Waals surface area contributed by atoms with Crippen LogP contribution < -0.4 is 0 Å². The Kier molecular flexibility index (Phi) is 6.02. The van der Waals surface area contributed by atoms with Crippen molar-refractivity contribution in [2.24, 2.45) is 0 Å². The van der Waals surface area contributed by atoms with Gasteiger partial charge in [-0.2, -0.15) is 4.31 Å². The molecule has 1 aromatic rings. The summed E-state index contributed by atoms with van der Waals surface area (Å²) in [5, 5.41) is 0.0747. The van der Waals surface area contributed by atoms with Crippen LogP contribution in [0.4, 0.5) is 0 Å². The van der Waals surface area contributed by atoms with E-state index in [1.54, 1.807) is 28.6 Å². The van der Waals surface area contributed by atoms with Crippen LogP contribution in [-0.2, 0) is 14.4 Å². The van der Waals surface area contributed by atoms with Crippen molar-refractivity contribution in [3.05, 3.63) is 28.7 Å². The molecule has 1 aromatic carbocycles. The fourth-order valence-electron chi connectivity index (χ4n) is 2.82. The van der Waals surface area contributed by atoms with E-state index in [-0.39, 0.29) is 11.1 Å². The first-order valence-corrected chi connectivity index (χ1v) is 11.3. The van der Waals surface area contributed by atoms with Crippen molar-refractivity contribution in [1.29, 1.82) is 0 Å². The maximum absolute atomic E-state index is 13.1. The molecule has 2 rings (SSSR count). The van der Waals surface area contributed by atoms with Crippen LogP contribution >= 0.6 is 15.9 Å². The van der Waals surface area contributed by atoms with E-state index in [2.05, 4.69) is 36.7 Å². The predicted octanol–water partition coefficient (Wildman–Crippen LogP) is 4.24. The maximum Gasteiger partial charge on any atom is 0.243 e. The van der Waals surface area contributed by atoms with Crippen molar-refractivity contribution in [3.63, 3.8) is 0 Å². The highest BCUT2D eigenvalue weighted by molar-refractivity contribution is 9.10. The minimum Gasteiger partial charge on any atom is -0.410 e. The number of rotatable bonds is 5. The molecule has 1 aliphatic rings. The second kappa shape index (κ2) is 7.19. The monoisotopic (exact) mass is 431 g/mol. The summed E-state index contributed by atoms with van der Waals surface area (Å²) in [6.45, 7) is 11.0. The molecule has 2 radical (unpaired) electrons. The summed E-state index contributed by atoms with van der Waals surface area (Å²) in [5.41, 5.74) is -0.509. The van der Waals surface area contributed by atoms with Crippen LogP contribution in [0.25, 0.3) is 0 Å². The zero-order chi connectivity index (χ0) is 18.2. The van der Waals surface area contributed by atoms with Gasteiger partial charge in [-0.25, -0.2) is 8.42 Å². The van der Waals surface area contributed by atoms with Gasteiger partial charge in [-0.3, -0.25) is 0 Å². The van der Waals surface area contributed by atoms with E-state index < -0.39 is 15.6 Å². The van der Waals surface area contributed by atoms with Crippen LogP contribution in [0.2, 0.25) is 5.04 Å². The van der Waals surface area contributed by atoms with Gasteiger partial charge >= 0.3 is 0 Å². The molecule has 134 valence electrons. The Morgan fingerprint density at radius 1 is 1.17 bits per heavy atom. The van der Waals surface area contributed by atoms with E-state index >= 15 is 0 Å². The van der Waals surface area contributed by atoms with Gasteiger partial charge in [-0.05, 0) is 56.0 Å². The summed E-state index contributed by atoms with van der Waals surface area (Å²) < 4.78 is 34.8. The van der Waals surface area contributed by atoms with Crippen molar-refractivity contribution in [2.75, 3.05) is 6.54 Å². The Labute approximate surface area is 157 Å². The van der Waals surface area contributed by atoms with Gasteiger partial charge in [0.1, 0.15) is 0 Å². The number of benzene rings is 1. The second-order valence-corrected chi connectivity index (χ2v) is 12.5. The molecule has 7 heteroatoms. The Morgan fingerprint density at radius 3 is 2.29 bits per heavy atom. The first-order valence-electron chi connectivity index (χ1n) is 8.16. The van der Waals surface area contributed by atoms with Gasteiger partial charge in [-0.1, -0.05) is 36.7 Å². The van der Waals surface area contributed by atoms with Gasteiger partial charge in [-0.15, -0.1) is 0 Å². The zero-order valence-corrected chi connectivity index (χ0v) is 18.4. The van der Waals surface area contributed by atoms with E-state index in [1.165, 1.54) is 0 Å². The lowest BCUT2D eigenvalue weighted by Gasteiger charge is -2.38. The number of hydrogen-bond acceptors (Lipinski definition) is 3. The van der Waals surface area contributed by atoms with Crippen LogP contribution in [0.3, 0.4) is 0 Å². The third-order valence-electron chi connectivity index (χ3n) is 4.05. The van der Waals surface area contributed by atoms with Gasteiger partial charge in [0.15, 0.2) is 0 Å². The third-order valence-corrected chi connectivity index (χ3v) is 7.74. The smallest absolute Gasteiger partial charge is 0.243 e. The topological polar surface area (TPSA) is 46.6 Å². The van der Waals surface area contributed by atoms with Crippen LogP contribution in [-0.4, -0.2) is 40.7 Å². The van der Waals surface area contributed by atoms with Gasteiger partial charge in [0.2, 0.25) is 19.8 Å². The van der Waals surface area contributed by atoms with Crippen LogP contribution in [0, 0.1) is 0 Å². The molecule has 0 saturated carbocycles. The van der Waals surface area contributed by atoms with Crippen molar-refractivity contribution in [3.8, 4) is 0 Å². The summed E-state index contributed by atoms with van der Waals surface area (Å²) in [5.74, 6) is 0. The van der Waals surface area contributed by atoms with E-state index in [1.807, 2.05) is 13.8 Å². The van der Waals surface area contributed by atoms with Crippen molar-refractivity contribution >= 4 is 35.7 Å². The summed E-state index contributed by atoms with van der Waals surface area (Å²) >= 11 is 3.35. The summed E-state index contributed by atoms with van der Waals surface area (Å²) in [7, 11) is -3.18. The molecule has 1 atom stereocenters. The maximum atomic E-state index is 13.1. The second-order valence-electron chi connectivity index (χ2n) is 7.79. The molecule has 1 saturated heterocycles. The first-order chi connectivity index (χ1) is 10.9. The zero-order valence-electron chi connectivity index (χ0n) is 15.0. The molecule has 1 fully saturated rings. The normalized spacial score (nSPS) is 20.5. The van der Waals surface area contributed by atoms with Crippen LogP contribution in [0.5, 0.6) is 0 Å². The molecule has 4 nitrogen and oxygen atoms in total. The third kappa shape index (κ3) is 4.69. The van der Waals surface area contributed by atoms with E-state index in [4.69, 9.17) is 4.43 Å². The van der Waals surface area contributed by atoms with Crippen molar-refractivity contribution in [2.45, 2.75) is 69.0 Å². The van der Waals surface area contributed by atoms with Gasteiger partial charge in [0, 0.05) is 11.0 Å². The molecule has 0 bridgehead atoms. The van der Waals surface area contributed by atoms with Gasteiger partial charge < -0.3 is 4.43 Å². The highest BCUT2D eigenvalue weighted by Crippen LogP contribution is 2.35. The molecular formula is C17H26BrNO3SSi. The SMILES string of the molecule is CC(C)(C)[Si]OC(C)(C)[C@H]1CCCN1S(=O)(=O)c1ccc(Br)cc1. The molecule has 0 aromatic heterocycles. The minimum absolute atomic E-state index is 0.0747. The standard InChI is InChI=1S/C17H26BrNO3SSi/c1-16(2,3)24-22-17(4,5)15-7-6-12-19(15)23(20,21)14-10-8-13(18)9-11-14/h8-11,15H,6-7,12H2,1-5H3/t15-/m1/s1. The number of halogens is 1. The quantitative estimate of drug-likeness (QED) is 0.654. The van der Waals surface area contributed by atoms with Crippen molar-refractivity contribution in [1.82, 2.24) is 4.31 Å². The molecule has 0 amide bonds. The highest BCUT2D eigenvalue weighted by atomic mass is 79.9. The molecule has 0 N–H and O–H groups in total. The molecule has 1 heterocycles. The molecule has 0 aliphatic carbocycles. The average molecular weight is 432 g/mol. The molecule has 1 aliphatic heterocycles. The van der Waals surface area contributed by atoms with E-state index in [0.717, 1.165) is 17.3 Å². The van der Waals surface area contributed by atoms with Crippen LogP contribution in [0.15, 0.2) is 33.6 Å². The predicted molar refractivity (Wildman–Crippen MR) is 102 cm³/mol. The van der Waals surface area contributed by atoms with Gasteiger partial charge in [0.05, 0.1) is 16.5 Å². The fraction of sp³-hybridized carbons (Fsp3) is 0.647. The van der Waals surface area contributed by atoms with Crippen molar-refractivity contribution < 1.29 is 12.8 Å². The van der Waals surface area contributed by atoms with E-state index in [0.29, 0.717) is 21.2 Å². The lowest BCUT2D eigenvalue weighted by molar-refractivity contribution is 0.0463. The highest BCUT2D eigenvalue weighted by Gasteiger charge is 2.44. The molecule has 0 spiro atoms. The summed E-state index contributed by atoms with van der Waals surface area (Å²) in [6, 6.07) is 6.70. The number of hydrogen-bond donors (Lipinski definition) is 0. The molecule has 24 heavy (non-hydrogen) atoms. The number of nitrogens with zero attached hydrogens (tertiary/aromatic N) is 1. The first kappa shape index (κ1) is 20.1. The minimum atomic E-state index is -3.51. The van der Waals surface area contributed by atoms with Gasteiger partial charge in [0.25, 0.3) is 0 Å². The van der Waals surface area contributed by atoms with E-state index in [9.17, 15) is 8.42 Å². The lowest BCUT2D eigenvalue weighted by atomic mass is 9.98. The fourth-order valence-corrected chi connectivity index (χ4v) is 5.60. The summed E-state index contributed by atoms with van der Waals surface area (Å²) in [6.07, 6.45) is 1.70. The molecule has 0 unspecified atom stereocenters.